The van der Waals surface area contributed by atoms with Crippen LogP contribution in [0.25, 0.3) is 0 Å². The number of hydrogen-bond donors (Lipinski definition) is 1. The zero-order chi connectivity index (χ0) is 15.9. The zero-order valence-electron chi connectivity index (χ0n) is 13.5. The van der Waals surface area contributed by atoms with Gasteiger partial charge in [0.2, 0.25) is 0 Å². The first kappa shape index (κ1) is 18.1. The van der Waals surface area contributed by atoms with Crippen molar-refractivity contribution in [3.63, 3.8) is 0 Å². The van der Waals surface area contributed by atoms with E-state index in [1.165, 1.54) is 4.31 Å². The number of rotatable bonds is 9. The molecule has 0 saturated heterocycles. The van der Waals surface area contributed by atoms with E-state index in [2.05, 4.69) is 17.2 Å². The molecule has 0 amide bonds. The molecule has 0 unspecified atom stereocenters. The van der Waals surface area contributed by atoms with Crippen LogP contribution in [0.15, 0.2) is 23.4 Å². The Kier molecular flexibility index (Phi) is 7.28. The van der Waals surface area contributed by atoms with E-state index in [-0.39, 0.29) is 11.1 Å². The van der Waals surface area contributed by atoms with Crippen molar-refractivity contribution in [1.29, 1.82) is 0 Å². The minimum Gasteiger partial charge on any atom is -0.313 e. The molecule has 0 aromatic carbocycles. The maximum absolute atomic E-state index is 12.6. The van der Waals surface area contributed by atoms with E-state index in [9.17, 15) is 8.42 Å². The average Bonchev–Trinajstić information content (AvgIpc) is 2.45. The first-order chi connectivity index (χ1) is 9.93. The monoisotopic (exact) mass is 313 g/mol. The number of aromatic nitrogens is 1. The average molecular weight is 313 g/mol. The molecule has 0 spiro atoms. The maximum atomic E-state index is 12.6. The normalized spacial score (nSPS) is 12.3. The molecule has 120 valence electrons. The predicted octanol–water partition coefficient (Wildman–Crippen LogP) is 2.39. The third-order valence-corrected chi connectivity index (χ3v) is 5.14. The summed E-state index contributed by atoms with van der Waals surface area (Å²) in [5.41, 5.74) is 0.994. The number of pyridine rings is 1. The minimum absolute atomic E-state index is 0.0670. The number of sulfonamides is 1. The van der Waals surface area contributed by atoms with Crippen molar-refractivity contribution < 1.29 is 8.42 Å². The van der Waals surface area contributed by atoms with Gasteiger partial charge in [0, 0.05) is 25.3 Å². The van der Waals surface area contributed by atoms with Crippen LogP contribution in [0, 0.1) is 0 Å². The van der Waals surface area contributed by atoms with E-state index in [1.807, 2.05) is 26.8 Å². The molecule has 1 rings (SSSR count). The minimum atomic E-state index is -3.50. The molecule has 0 bridgehead atoms. The Morgan fingerprint density at radius 1 is 1.24 bits per heavy atom. The molecule has 0 atom stereocenters. The van der Waals surface area contributed by atoms with Crippen LogP contribution in [0.4, 0.5) is 0 Å². The summed E-state index contributed by atoms with van der Waals surface area (Å²) in [6.07, 6.45) is 3.50. The third kappa shape index (κ3) is 5.05. The van der Waals surface area contributed by atoms with Crippen molar-refractivity contribution in [2.75, 3.05) is 13.1 Å². The molecule has 0 radical (unpaired) electrons. The molecule has 0 aliphatic rings. The van der Waals surface area contributed by atoms with E-state index in [1.54, 1.807) is 12.3 Å². The Balaban J connectivity index is 2.88. The molecular weight excluding hydrogens is 286 g/mol. The van der Waals surface area contributed by atoms with Crippen LogP contribution in [-0.2, 0) is 16.6 Å². The Labute approximate surface area is 128 Å². The van der Waals surface area contributed by atoms with Crippen molar-refractivity contribution in [3.8, 4) is 0 Å². The molecule has 1 aromatic rings. The smallest absolute Gasteiger partial charge is 0.260 e. The number of hydrogen-bond acceptors (Lipinski definition) is 4. The van der Waals surface area contributed by atoms with Gasteiger partial charge in [0.1, 0.15) is 0 Å². The van der Waals surface area contributed by atoms with Gasteiger partial charge in [0.25, 0.3) is 10.0 Å². The van der Waals surface area contributed by atoms with Gasteiger partial charge in [-0.1, -0.05) is 19.9 Å². The predicted molar refractivity (Wildman–Crippen MR) is 85.6 cm³/mol. The molecule has 5 nitrogen and oxygen atoms in total. The van der Waals surface area contributed by atoms with E-state index in [0.717, 1.165) is 24.9 Å². The summed E-state index contributed by atoms with van der Waals surface area (Å²) in [6, 6.07) is 3.36. The lowest BCUT2D eigenvalue weighted by atomic mass is 10.3. The van der Waals surface area contributed by atoms with Crippen LogP contribution < -0.4 is 5.32 Å². The van der Waals surface area contributed by atoms with Crippen LogP contribution in [0.5, 0.6) is 0 Å². The van der Waals surface area contributed by atoms with Gasteiger partial charge >= 0.3 is 0 Å². The molecule has 0 fully saturated rings. The van der Waals surface area contributed by atoms with Gasteiger partial charge in [0.05, 0.1) is 0 Å². The maximum Gasteiger partial charge on any atom is 0.260 e. The SMILES string of the molecule is CCCNCc1ccc(S(=O)(=O)N(CCC)C(C)C)nc1. The van der Waals surface area contributed by atoms with Crippen LogP contribution in [0.3, 0.4) is 0 Å². The number of nitrogens with one attached hydrogen (secondary N) is 1. The van der Waals surface area contributed by atoms with Crippen molar-refractivity contribution in [2.24, 2.45) is 0 Å². The van der Waals surface area contributed by atoms with Crippen LogP contribution >= 0.6 is 0 Å². The van der Waals surface area contributed by atoms with Gasteiger partial charge in [-0.25, -0.2) is 13.4 Å². The quantitative estimate of drug-likeness (QED) is 0.711. The van der Waals surface area contributed by atoms with Gasteiger partial charge in [0.15, 0.2) is 5.03 Å². The van der Waals surface area contributed by atoms with Gasteiger partial charge in [-0.15, -0.1) is 0 Å². The largest absolute Gasteiger partial charge is 0.313 e. The van der Waals surface area contributed by atoms with Gasteiger partial charge in [-0.05, 0) is 44.9 Å². The van der Waals surface area contributed by atoms with E-state index in [4.69, 9.17) is 0 Å². The highest BCUT2D eigenvalue weighted by atomic mass is 32.2. The standard InChI is InChI=1S/C15H27N3O2S/c1-5-9-16-11-14-7-8-15(17-12-14)21(19,20)18(10-6-2)13(3)4/h7-8,12-13,16H,5-6,9-11H2,1-4H3. The second kappa shape index (κ2) is 8.46. The summed E-state index contributed by atoms with van der Waals surface area (Å²) in [4.78, 5) is 4.15. The Hall–Kier alpha value is -0.980. The first-order valence-electron chi connectivity index (χ1n) is 7.61. The summed E-state index contributed by atoms with van der Waals surface area (Å²) in [7, 11) is -3.50. The molecule has 0 aliphatic heterocycles. The zero-order valence-corrected chi connectivity index (χ0v) is 14.3. The van der Waals surface area contributed by atoms with Crippen molar-refractivity contribution >= 4 is 10.0 Å². The lowest BCUT2D eigenvalue weighted by Crippen LogP contribution is -2.37. The van der Waals surface area contributed by atoms with Crippen LogP contribution in [0.1, 0.15) is 46.1 Å². The van der Waals surface area contributed by atoms with Gasteiger partial charge < -0.3 is 5.32 Å². The molecule has 21 heavy (non-hydrogen) atoms. The fourth-order valence-electron chi connectivity index (χ4n) is 2.07. The summed E-state index contributed by atoms with van der Waals surface area (Å²) in [6.45, 7) is 10.0. The highest BCUT2D eigenvalue weighted by Gasteiger charge is 2.27. The first-order valence-corrected chi connectivity index (χ1v) is 9.05. The van der Waals surface area contributed by atoms with E-state index < -0.39 is 10.0 Å². The van der Waals surface area contributed by atoms with Crippen LogP contribution in [0.2, 0.25) is 0 Å². The van der Waals surface area contributed by atoms with E-state index >= 15 is 0 Å². The molecule has 1 heterocycles. The number of nitrogens with zero attached hydrogens (tertiary/aromatic N) is 2. The Morgan fingerprint density at radius 2 is 1.95 bits per heavy atom. The van der Waals surface area contributed by atoms with E-state index in [0.29, 0.717) is 13.1 Å². The molecular formula is C15H27N3O2S. The molecule has 1 aromatic heterocycles. The van der Waals surface area contributed by atoms with Crippen LogP contribution in [-0.4, -0.2) is 36.8 Å². The molecule has 0 aliphatic carbocycles. The lowest BCUT2D eigenvalue weighted by molar-refractivity contribution is 0.352. The van der Waals surface area contributed by atoms with Gasteiger partial charge in [-0.3, -0.25) is 0 Å². The molecule has 6 heteroatoms. The fraction of sp³-hybridized carbons (Fsp3) is 0.667. The molecule has 1 N–H and O–H groups in total. The highest BCUT2D eigenvalue weighted by Crippen LogP contribution is 2.17. The Bertz CT molecular complexity index is 512. The highest BCUT2D eigenvalue weighted by molar-refractivity contribution is 7.89. The van der Waals surface area contributed by atoms with Crippen molar-refractivity contribution in [2.45, 2.75) is 58.1 Å². The third-order valence-electron chi connectivity index (χ3n) is 3.15. The van der Waals surface area contributed by atoms with Crippen molar-refractivity contribution in [3.05, 3.63) is 23.9 Å². The van der Waals surface area contributed by atoms with Gasteiger partial charge in [-0.2, -0.15) is 4.31 Å². The topological polar surface area (TPSA) is 62.3 Å². The summed E-state index contributed by atoms with van der Waals surface area (Å²) < 4.78 is 26.7. The Morgan fingerprint density at radius 3 is 2.43 bits per heavy atom. The van der Waals surface area contributed by atoms with Crippen molar-refractivity contribution in [1.82, 2.24) is 14.6 Å². The second-order valence-electron chi connectivity index (χ2n) is 5.39. The summed E-state index contributed by atoms with van der Waals surface area (Å²) in [5, 5.41) is 3.40. The summed E-state index contributed by atoms with van der Waals surface area (Å²) >= 11 is 0. The second-order valence-corrected chi connectivity index (χ2v) is 7.23. The molecule has 0 saturated carbocycles. The fourth-order valence-corrected chi connectivity index (χ4v) is 3.72. The lowest BCUT2D eigenvalue weighted by Gasteiger charge is -2.24. The summed E-state index contributed by atoms with van der Waals surface area (Å²) in [5.74, 6) is 0.